The lowest BCUT2D eigenvalue weighted by atomic mass is 10.2. The van der Waals surface area contributed by atoms with E-state index in [0.29, 0.717) is 17.0 Å². The zero-order valence-corrected chi connectivity index (χ0v) is 17.0. The summed E-state index contributed by atoms with van der Waals surface area (Å²) in [6, 6.07) is 9.57. The van der Waals surface area contributed by atoms with Gasteiger partial charge >= 0.3 is 6.03 Å². The number of anilines is 3. The predicted molar refractivity (Wildman–Crippen MR) is 117 cm³/mol. The van der Waals surface area contributed by atoms with E-state index in [4.69, 9.17) is 0 Å². The van der Waals surface area contributed by atoms with Crippen molar-refractivity contribution in [1.82, 2.24) is 30.1 Å². The van der Waals surface area contributed by atoms with E-state index in [-0.39, 0.29) is 5.70 Å². The van der Waals surface area contributed by atoms with Gasteiger partial charge in [0.05, 0.1) is 6.20 Å². The van der Waals surface area contributed by atoms with Gasteiger partial charge in [-0.05, 0) is 37.4 Å². The minimum absolute atomic E-state index is 0.167. The largest absolute Gasteiger partial charge is 0.369 e. The van der Waals surface area contributed by atoms with Gasteiger partial charge in [-0.1, -0.05) is 6.07 Å². The van der Waals surface area contributed by atoms with Crippen molar-refractivity contribution in [2.45, 2.75) is 0 Å². The lowest BCUT2D eigenvalue weighted by molar-refractivity contribution is -0.115. The zero-order chi connectivity index (χ0) is 21.4. The van der Waals surface area contributed by atoms with Crippen LogP contribution in [0.2, 0.25) is 0 Å². The van der Waals surface area contributed by atoms with Crippen LogP contribution in [0.1, 0.15) is 5.56 Å². The van der Waals surface area contributed by atoms with Gasteiger partial charge < -0.3 is 20.4 Å². The van der Waals surface area contributed by atoms with Gasteiger partial charge in [0.25, 0.3) is 5.91 Å². The van der Waals surface area contributed by atoms with Crippen molar-refractivity contribution >= 4 is 40.9 Å². The number of hydrogen-bond donors (Lipinski definition) is 3. The molecule has 0 bridgehead atoms. The van der Waals surface area contributed by atoms with Crippen LogP contribution in [0, 0.1) is 0 Å². The molecular weight excluding hydrogens is 396 g/mol. The van der Waals surface area contributed by atoms with Crippen LogP contribution >= 0.6 is 0 Å². The predicted octanol–water partition coefficient (Wildman–Crippen LogP) is 1.40. The summed E-state index contributed by atoms with van der Waals surface area (Å²) >= 11 is 0. The molecule has 2 saturated heterocycles. The number of carbonyl (C=O) groups excluding carboxylic acids is 2. The first-order chi connectivity index (χ1) is 15.0. The van der Waals surface area contributed by atoms with E-state index in [2.05, 4.69) is 55.0 Å². The first-order valence-electron chi connectivity index (χ1n) is 10.0. The average Bonchev–Trinajstić information content (AvgIpc) is 3.31. The Morgan fingerprint density at radius 1 is 1.10 bits per heavy atom. The number of urea groups is 1. The molecular formula is C21H22N8O2. The molecule has 0 atom stereocenters. The van der Waals surface area contributed by atoms with Crippen LogP contribution in [0.3, 0.4) is 0 Å². The first-order valence-corrected chi connectivity index (χ1v) is 10.0. The standard InChI is InChI=1S/C21H22N8O2/c1-27-7-9-28(10-8-27)16-4-2-3-15(12-16)23-18-5-6-29-19(25-18)14(13-22-29)11-17-20(30)26-21(31)24-17/h2-6,11-13H,7-10H2,1H3,(H,23,25)(H2,24,26,30,31)/b17-11+. The second-order valence-corrected chi connectivity index (χ2v) is 7.61. The van der Waals surface area contributed by atoms with E-state index < -0.39 is 11.9 Å². The van der Waals surface area contributed by atoms with Crippen molar-refractivity contribution < 1.29 is 9.59 Å². The summed E-state index contributed by atoms with van der Waals surface area (Å²) in [5.74, 6) is 0.183. The number of fused-ring (bicyclic) bond motifs is 1. The molecule has 2 aliphatic rings. The molecule has 10 heteroatoms. The summed E-state index contributed by atoms with van der Waals surface area (Å²) in [5.41, 5.74) is 3.48. The van der Waals surface area contributed by atoms with Gasteiger partial charge in [-0.25, -0.2) is 14.3 Å². The molecule has 0 radical (unpaired) electrons. The van der Waals surface area contributed by atoms with E-state index in [1.165, 1.54) is 5.69 Å². The molecule has 3 N–H and O–H groups in total. The van der Waals surface area contributed by atoms with Crippen molar-refractivity contribution in [3.63, 3.8) is 0 Å². The number of nitrogens with zero attached hydrogens (tertiary/aromatic N) is 5. The van der Waals surface area contributed by atoms with E-state index in [1.54, 1.807) is 23.0 Å². The summed E-state index contributed by atoms with van der Waals surface area (Å²) in [7, 11) is 2.14. The number of imide groups is 1. The van der Waals surface area contributed by atoms with Crippen LogP contribution in [-0.2, 0) is 4.79 Å². The van der Waals surface area contributed by atoms with E-state index >= 15 is 0 Å². The first kappa shape index (κ1) is 19.1. The Hall–Kier alpha value is -3.92. The van der Waals surface area contributed by atoms with E-state index in [1.807, 2.05) is 18.2 Å². The van der Waals surface area contributed by atoms with Crippen LogP contribution in [0.25, 0.3) is 11.7 Å². The lowest BCUT2D eigenvalue weighted by Gasteiger charge is -2.34. The topological polar surface area (TPSA) is 107 Å². The highest BCUT2D eigenvalue weighted by molar-refractivity contribution is 6.14. The second kappa shape index (κ2) is 7.73. The van der Waals surface area contributed by atoms with Crippen molar-refractivity contribution in [1.29, 1.82) is 0 Å². The minimum atomic E-state index is -0.539. The van der Waals surface area contributed by atoms with Crippen LogP contribution in [0.5, 0.6) is 0 Å². The number of aromatic nitrogens is 3. The molecule has 5 rings (SSSR count). The number of likely N-dealkylation sites (N-methyl/N-ethyl adjacent to an activating group) is 1. The quantitative estimate of drug-likeness (QED) is 0.434. The van der Waals surface area contributed by atoms with Gasteiger partial charge in [-0.15, -0.1) is 0 Å². The van der Waals surface area contributed by atoms with Crippen molar-refractivity contribution in [2.24, 2.45) is 0 Å². The highest BCUT2D eigenvalue weighted by Crippen LogP contribution is 2.24. The number of rotatable bonds is 4. The molecule has 2 aliphatic heterocycles. The number of piperazine rings is 1. The number of benzene rings is 1. The van der Waals surface area contributed by atoms with Gasteiger partial charge in [0.2, 0.25) is 0 Å². The van der Waals surface area contributed by atoms with Gasteiger partial charge in [0.1, 0.15) is 11.5 Å². The molecule has 0 spiro atoms. The molecule has 31 heavy (non-hydrogen) atoms. The molecule has 3 amide bonds. The summed E-state index contributed by atoms with van der Waals surface area (Å²) in [4.78, 5) is 32.5. The van der Waals surface area contributed by atoms with Crippen LogP contribution in [-0.4, -0.2) is 64.7 Å². The normalized spacial score (nSPS) is 18.5. The summed E-state index contributed by atoms with van der Waals surface area (Å²) in [6.45, 7) is 4.10. The molecule has 0 unspecified atom stereocenters. The molecule has 158 valence electrons. The van der Waals surface area contributed by atoms with Gasteiger partial charge in [0, 0.05) is 49.3 Å². The smallest absolute Gasteiger partial charge is 0.326 e. The maximum atomic E-state index is 11.8. The molecule has 4 heterocycles. The molecule has 2 aromatic heterocycles. The summed E-state index contributed by atoms with van der Waals surface area (Å²) in [5, 5.41) is 12.3. The van der Waals surface area contributed by atoms with Gasteiger partial charge in [-0.2, -0.15) is 5.10 Å². The van der Waals surface area contributed by atoms with Crippen LogP contribution in [0.4, 0.5) is 22.0 Å². The van der Waals surface area contributed by atoms with E-state index in [0.717, 1.165) is 31.9 Å². The van der Waals surface area contributed by atoms with Gasteiger partial charge in [-0.3, -0.25) is 10.1 Å². The number of hydrogen-bond acceptors (Lipinski definition) is 7. The maximum Gasteiger partial charge on any atom is 0.326 e. The SMILES string of the molecule is CN1CCN(c2cccc(Nc3ccn4ncc(/C=C5/NC(=O)NC5=O)c4n3)c2)CC1. The molecule has 2 fully saturated rings. The zero-order valence-electron chi connectivity index (χ0n) is 17.0. The Labute approximate surface area is 178 Å². The fraction of sp³-hybridized carbons (Fsp3) is 0.238. The van der Waals surface area contributed by atoms with Crippen LogP contribution < -0.4 is 20.9 Å². The Kier molecular flexibility index (Phi) is 4.75. The Morgan fingerprint density at radius 2 is 1.94 bits per heavy atom. The van der Waals surface area contributed by atoms with Gasteiger partial charge in [0.15, 0.2) is 5.65 Å². The van der Waals surface area contributed by atoms with Crippen molar-refractivity contribution in [3.05, 3.63) is 54.0 Å². The average molecular weight is 418 g/mol. The fourth-order valence-electron chi connectivity index (χ4n) is 3.69. The lowest BCUT2D eigenvalue weighted by Crippen LogP contribution is -2.44. The Bertz CT molecular complexity index is 1190. The Balaban J connectivity index is 1.39. The second-order valence-electron chi connectivity index (χ2n) is 7.61. The van der Waals surface area contributed by atoms with E-state index in [9.17, 15) is 9.59 Å². The molecule has 0 aliphatic carbocycles. The highest BCUT2D eigenvalue weighted by atomic mass is 16.2. The number of amides is 3. The van der Waals surface area contributed by atoms with Crippen molar-refractivity contribution in [3.8, 4) is 0 Å². The molecule has 1 aromatic carbocycles. The molecule has 3 aromatic rings. The third kappa shape index (κ3) is 3.92. The summed E-state index contributed by atoms with van der Waals surface area (Å²) < 4.78 is 1.62. The fourth-order valence-corrected chi connectivity index (χ4v) is 3.69. The number of nitrogens with one attached hydrogen (secondary N) is 3. The van der Waals surface area contributed by atoms with Crippen molar-refractivity contribution in [2.75, 3.05) is 43.4 Å². The monoisotopic (exact) mass is 418 g/mol. The highest BCUT2D eigenvalue weighted by Gasteiger charge is 2.23. The van der Waals surface area contributed by atoms with Crippen LogP contribution in [0.15, 0.2) is 48.4 Å². The third-order valence-corrected chi connectivity index (χ3v) is 5.40. The third-order valence-electron chi connectivity index (χ3n) is 5.40. The molecule has 0 saturated carbocycles. The Morgan fingerprint density at radius 3 is 2.71 bits per heavy atom. The minimum Gasteiger partial charge on any atom is -0.369 e. The molecule has 10 nitrogen and oxygen atoms in total. The number of carbonyl (C=O) groups is 2. The summed E-state index contributed by atoms with van der Waals surface area (Å²) in [6.07, 6.45) is 4.96. The maximum absolute atomic E-state index is 11.8.